The number of nitrogens with one attached hydrogen (secondary N) is 1. The van der Waals surface area contributed by atoms with Gasteiger partial charge < -0.3 is 5.73 Å². The molecule has 0 aromatic heterocycles. The van der Waals surface area contributed by atoms with E-state index >= 15 is 0 Å². The second-order valence-electron chi connectivity index (χ2n) is 4.46. The Morgan fingerprint density at radius 2 is 1.86 bits per heavy atom. The van der Waals surface area contributed by atoms with Crippen molar-refractivity contribution in [3.63, 3.8) is 0 Å². The zero-order valence-corrected chi connectivity index (χ0v) is 13.6. The first-order valence-electron chi connectivity index (χ1n) is 6.19. The summed E-state index contributed by atoms with van der Waals surface area (Å²) in [4.78, 5) is -0.110. The van der Waals surface area contributed by atoms with Crippen LogP contribution in [0.2, 0.25) is 0 Å². The molecule has 4 nitrogen and oxygen atoms in total. The van der Waals surface area contributed by atoms with Crippen molar-refractivity contribution >= 4 is 37.3 Å². The van der Waals surface area contributed by atoms with Gasteiger partial charge in [-0.05, 0) is 52.2 Å². The van der Waals surface area contributed by atoms with Gasteiger partial charge in [0.1, 0.15) is 10.7 Å². The maximum absolute atomic E-state index is 13.3. The van der Waals surface area contributed by atoms with Gasteiger partial charge in [-0.1, -0.05) is 19.1 Å². The third kappa shape index (κ3) is 3.54. The Morgan fingerprint density at radius 1 is 1.24 bits per heavy atom. The van der Waals surface area contributed by atoms with Gasteiger partial charge in [-0.3, -0.25) is 4.72 Å². The van der Waals surface area contributed by atoms with E-state index in [9.17, 15) is 12.8 Å². The highest BCUT2D eigenvalue weighted by Gasteiger charge is 2.20. The van der Waals surface area contributed by atoms with Crippen LogP contribution in [-0.2, 0) is 16.4 Å². The van der Waals surface area contributed by atoms with Crippen LogP contribution in [0.4, 0.5) is 15.8 Å². The number of hydrogen-bond donors (Lipinski definition) is 2. The number of hydrogen-bond acceptors (Lipinski definition) is 3. The molecule has 0 radical (unpaired) electrons. The van der Waals surface area contributed by atoms with Crippen LogP contribution in [0.5, 0.6) is 0 Å². The van der Waals surface area contributed by atoms with Gasteiger partial charge >= 0.3 is 0 Å². The first-order valence-corrected chi connectivity index (χ1v) is 8.47. The first kappa shape index (κ1) is 15.8. The van der Waals surface area contributed by atoms with Crippen LogP contribution in [0.1, 0.15) is 12.5 Å². The molecule has 21 heavy (non-hydrogen) atoms. The number of sulfonamides is 1. The normalized spacial score (nSPS) is 11.4. The molecule has 0 bridgehead atoms. The minimum atomic E-state index is -3.85. The molecule has 0 aliphatic rings. The van der Waals surface area contributed by atoms with Gasteiger partial charge in [-0.25, -0.2) is 12.8 Å². The van der Waals surface area contributed by atoms with E-state index in [2.05, 4.69) is 20.7 Å². The lowest BCUT2D eigenvalue weighted by molar-refractivity contribution is 0.599. The molecule has 0 unspecified atom stereocenters. The number of halogens is 2. The van der Waals surface area contributed by atoms with E-state index in [1.807, 2.05) is 19.1 Å². The van der Waals surface area contributed by atoms with Crippen LogP contribution < -0.4 is 10.5 Å². The van der Waals surface area contributed by atoms with Gasteiger partial charge in [0, 0.05) is 10.2 Å². The summed E-state index contributed by atoms with van der Waals surface area (Å²) in [5.41, 5.74) is 6.74. The third-order valence-electron chi connectivity index (χ3n) is 2.96. The van der Waals surface area contributed by atoms with Crippen LogP contribution in [0, 0.1) is 5.82 Å². The molecule has 0 saturated heterocycles. The van der Waals surface area contributed by atoms with Crippen molar-refractivity contribution in [1.82, 2.24) is 0 Å². The zero-order chi connectivity index (χ0) is 15.6. The second kappa shape index (κ2) is 6.03. The van der Waals surface area contributed by atoms with E-state index in [0.29, 0.717) is 5.69 Å². The quantitative estimate of drug-likeness (QED) is 0.806. The molecule has 0 aliphatic heterocycles. The molecule has 0 spiro atoms. The van der Waals surface area contributed by atoms with Crippen molar-refractivity contribution in [3.05, 3.63) is 52.3 Å². The molecule has 0 aliphatic carbocycles. The van der Waals surface area contributed by atoms with Gasteiger partial charge in [-0.2, -0.15) is 0 Å². The molecule has 2 aromatic rings. The Labute approximate surface area is 131 Å². The fourth-order valence-corrected chi connectivity index (χ4v) is 3.88. The minimum Gasteiger partial charge on any atom is -0.396 e. The number of anilines is 2. The lowest BCUT2D eigenvalue weighted by Gasteiger charge is -2.11. The Morgan fingerprint density at radius 3 is 2.43 bits per heavy atom. The molecular weight excluding hydrogens is 359 g/mol. The molecule has 3 N–H and O–H groups in total. The lowest BCUT2D eigenvalue weighted by Crippen LogP contribution is -2.14. The second-order valence-corrected chi connectivity index (χ2v) is 6.97. The smallest absolute Gasteiger partial charge is 0.263 e. The van der Waals surface area contributed by atoms with Crippen molar-refractivity contribution in [1.29, 1.82) is 0 Å². The van der Waals surface area contributed by atoms with Crippen LogP contribution in [0.3, 0.4) is 0 Å². The Balaban J connectivity index is 2.35. The van der Waals surface area contributed by atoms with E-state index in [1.165, 1.54) is 0 Å². The maximum Gasteiger partial charge on any atom is 0.263 e. The van der Waals surface area contributed by atoms with E-state index in [1.54, 1.807) is 12.1 Å². The summed E-state index contributed by atoms with van der Waals surface area (Å²) in [7, 11) is -3.85. The monoisotopic (exact) mass is 372 g/mol. The maximum atomic E-state index is 13.3. The Bertz CT molecular complexity index is 761. The van der Waals surface area contributed by atoms with E-state index < -0.39 is 15.8 Å². The molecule has 0 atom stereocenters. The molecule has 0 heterocycles. The molecule has 0 fully saturated rings. The minimum absolute atomic E-state index is 0.110. The summed E-state index contributed by atoms with van der Waals surface area (Å²) < 4.78 is 40.5. The molecule has 7 heteroatoms. The molecule has 112 valence electrons. The Hall–Kier alpha value is -1.60. The summed E-state index contributed by atoms with van der Waals surface area (Å²) in [5.74, 6) is -0.673. The fourth-order valence-electron chi connectivity index (χ4n) is 1.77. The van der Waals surface area contributed by atoms with E-state index in [-0.39, 0.29) is 15.1 Å². The predicted molar refractivity (Wildman–Crippen MR) is 85.1 cm³/mol. The SMILES string of the molecule is CCc1ccc(NS(=O)(=O)c2cc(N)c(F)cc2Br)cc1. The fraction of sp³-hybridized carbons (Fsp3) is 0.143. The number of nitrogens with two attached hydrogens (primary N) is 1. The van der Waals surface area contributed by atoms with E-state index in [0.717, 1.165) is 24.1 Å². The Kier molecular flexibility index (Phi) is 4.53. The average Bonchev–Trinajstić information content (AvgIpc) is 2.43. The molecule has 2 rings (SSSR count). The van der Waals surface area contributed by atoms with Gasteiger partial charge in [0.25, 0.3) is 10.0 Å². The summed E-state index contributed by atoms with van der Waals surface area (Å²) in [6.45, 7) is 2.01. The lowest BCUT2D eigenvalue weighted by atomic mass is 10.2. The van der Waals surface area contributed by atoms with Crippen LogP contribution in [0.15, 0.2) is 45.8 Å². The van der Waals surface area contributed by atoms with Crippen molar-refractivity contribution in [2.24, 2.45) is 0 Å². The topological polar surface area (TPSA) is 72.2 Å². The molecule has 2 aromatic carbocycles. The molecular formula is C14H14BrFN2O2S. The number of benzene rings is 2. The zero-order valence-electron chi connectivity index (χ0n) is 11.2. The summed E-state index contributed by atoms with van der Waals surface area (Å²) >= 11 is 3.04. The van der Waals surface area contributed by atoms with Gasteiger partial charge in [-0.15, -0.1) is 0 Å². The van der Waals surface area contributed by atoms with Crippen LogP contribution in [-0.4, -0.2) is 8.42 Å². The molecule has 0 amide bonds. The average molecular weight is 373 g/mol. The number of aryl methyl sites for hydroxylation is 1. The third-order valence-corrected chi connectivity index (χ3v) is 5.29. The highest BCUT2D eigenvalue weighted by molar-refractivity contribution is 9.10. The number of nitrogen functional groups attached to an aromatic ring is 1. The largest absolute Gasteiger partial charge is 0.396 e. The van der Waals surface area contributed by atoms with Crippen LogP contribution >= 0.6 is 15.9 Å². The standard InChI is InChI=1S/C14H14BrFN2O2S/c1-2-9-3-5-10(6-4-9)18-21(19,20)14-8-13(17)12(16)7-11(14)15/h3-8,18H,2,17H2,1H3. The summed E-state index contributed by atoms with van der Waals surface area (Å²) in [5, 5.41) is 0. The predicted octanol–water partition coefficient (Wildman–Crippen LogP) is 3.53. The summed E-state index contributed by atoms with van der Waals surface area (Å²) in [6.07, 6.45) is 0.868. The van der Waals surface area contributed by atoms with Crippen molar-refractivity contribution in [3.8, 4) is 0 Å². The van der Waals surface area contributed by atoms with Crippen molar-refractivity contribution < 1.29 is 12.8 Å². The number of rotatable bonds is 4. The molecule has 0 saturated carbocycles. The highest BCUT2D eigenvalue weighted by Crippen LogP contribution is 2.28. The van der Waals surface area contributed by atoms with Crippen molar-refractivity contribution in [2.75, 3.05) is 10.5 Å². The first-order chi connectivity index (χ1) is 9.83. The van der Waals surface area contributed by atoms with Gasteiger partial charge in [0.05, 0.1) is 5.69 Å². The van der Waals surface area contributed by atoms with Gasteiger partial charge in [0.2, 0.25) is 0 Å². The highest BCUT2D eigenvalue weighted by atomic mass is 79.9. The van der Waals surface area contributed by atoms with Gasteiger partial charge in [0.15, 0.2) is 0 Å². The van der Waals surface area contributed by atoms with Crippen molar-refractivity contribution in [2.45, 2.75) is 18.2 Å². The summed E-state index contributed by atoms with van der Waals surface area (Å²) in [6, 6.07) is 9.15. The van der Waals surface area contributed by atoms with Crippen LogP contribution in [0.25, 0.3) is 0 Å². The van der Waals surface area contributed by atoms with E-state index in [4.69, 9.17) is 5.73 Å².